The number of rotatable bonds is 5. The summed E-state index contributed by atoms with van der Waals surface area (Å²) in [5.41, 5.74) is 1.23. The van der Waals surface area contributed by atoms with Crippen LogP contribution in [0.25, 0.3) is 0 Å². The van der Waals surface area contributed by atoms with Gasteiger partial charge in [-0.2, -0.15) is 0 Å². The minimum atomic E-state index is -1.01. The first kappa shape index (κ1) is 16.0. The molecule has 1 aromatic rings. The molecule has 1 saturated heterocycles. The van der Waals surface area contributed by atoms with Gasteiger partial charge < -0.3 is 14.7 Å². The first-order chi connectivity index (χ1) is 10.1. The fraction of sp³-hybridized carbons (Fsp3) is 0.600. The Morgan fingerprint density at radius 2 is 2.24 bits per heavy atom. The van der Waals surface area contributed by atoms with E-state index in [9.17, 15) is 9.59 Å². The Labute approximate surface area is 128 Å². The molecule has 0 aromatic carbocycles. The maximum Gasteiger partial charge on any atom is 0.334 e. The predicted octanol–water partition coefficient (Wildman–Crippen LogP) is 2.19. The average Bonchev–Trinajstić information content (AvgIpc) is 2.90. The molecule has 0 spiro atoms. The molecule has 1 fully saturated rings. The number of carboxylic acids is 1. The highest BCUT2D eigenvalue weighted by atomic mass is 32.1. The maximum absolute atomic E-state index is 12.5. The molecule has 116 valence electrons. The van der Waals surface area contributed by atoms with E-state index < -0.39 is 12.1 Å². The molecule has 0 saturated carbocycles. The highest BCUT2D eigenvalue weighted by molar-refractivity contribution is 7.14. The molecule has 0 unspecified atom stereocenters. The van der Waals surface area contributed by atoms with Crippen molar-refractivity contribution in [2.45, 2.75) is 39.2 Å². The van der Waals surface area contributed by atoms with Crippen molar-refractivity contribution in [2.75, 3.05) is 19.7 Å². The topological polar surface area (TPSA) is 66.8 Å². The van der Waals surface area contributed by atoms with Crippen LogP contribution in [0, 0.1) is 0 Å². The van der Waals surface area contributed by atoms with E-state index in [0.29, 0.717) is 11.4 Å². The second-order valence-corrected chi connectivity index (χ2v) is 6.25. The average molecular weight is 311 g/mol. The van der Waals surface area contributed by atoms with E-state index in [0.717, 1.165) is 19.3 Å². The van der Waals surface area contributed by atoms with Gasteiger partial charge in [0.15, 0.2) is 6.10 Å². The largest absolute Gasteiger partial charge is 0.479 e. The fourth-order valence-electron chi connectivity index (χ4n) is 2.45. The van der Waals surface area contributed by atoms with Gasteiger partial charge in [-0.05, 0) is 24.5 Å². The first-order valence-electron chi connectivity index (χ1n) is 7.32. The lowest BCUT2D eigenvalue weighted by molar-refractivity contribution is -0.154. The normalized spacial score (nSPS) is 18.8. The number of carboxylic acid groups (broad SMARTS) is 1. The molecule has 5 nitrogen and oxygen atoms in total. The summed E-state index contributed by atoms with van der Waals surface area (Å²) in [6.45, 7) is 5.06. The Balaban J connectivity index is 2.13. The number of nitrogens with zero attached hydrogens (tertiary/aromatic N) is 1. The van der Waals surface area contributed by atoms with Crippen LogP contribution in [0.15, 0.2) is 6.07 Å². The summed E-state index contributed by atoms with van der Waals surface area (Å²) in [6.07, 6.45) is 2.05. The summed E-state index contributed by atoms with van der Waals surface area (Å²) in [6, 6.07) is 1.96. The summed E-state index contributed by atoms with van der Waals surface area (Å²) < 4.78 is 5.15. The number of carbonyl (C=O) groups is 2. The highest BCUT2D eigenvalue weighted by Gasteiger charge is 2.30. The fourth-order valence-corrected chi connectivity index (χ4v) is 3.77. The van der Waals surface area contributed by atoms with Crippen LogP contribution in [0.5, 0.6) is 0 Å². The van der Waals surface area contributed by atoms with E-state index in [1.54, 1.807) is 16.2 Å². The Hall–Kier alpha value is -1.40. The van der Waals surface area contributed by atoms with E-state index in [4.69, 9.17) is 9.84 Å². The lowest BCUT2D eigenvalue weighted by atomic mass is 10.1. The van der Waals surface area contributed by atoms with Crippen LogP contribution in [0.1, 0.15) is 40.4 Å². The molecule has 1 atom stereocenters. The number of thiophene rings is 1. The lowest BCUT2D eigenvalue weighted by Crippen LogP contribution is -2.48. The zero-order valence-electron chi connectivity index (χ0n) is 12.4. The van der Waals surface area contributed by atoms with Gasteiger partial charge in [0.05, 0.1) is 18.0 Å². The van der Waals surface area contributed by atoms with Gasteiger partial charge in [-0.25, -0.2) is 4.79 Å². The number of morpholine rings is 1. The van der Waals surface area contributed by atoms with E-state index >= 15 is 0 Å². The van der Waals surface area contributed by atoms with Gasteiger partial charge in [-0.15, -0.1) is 11.3 Å². The van der Waals surface area contributed by atoms with Crippen molar-refractivity contribution >= 4 is 23.2 Å². The third-order valence-electron chi connectivity index (χ3n) is 3.59. The molecule has 1 aliphatic rings. The number of hydrogen-bond acceptors (Lipinski definition) is 4. The molecule has 2 rings (SSSR count). The molecule has 1 aliphatic heterocycles. The van der Waals surface area contributed by atoms with Gasteiger partial charge in [0.25, 0.3) is 5.91 Å². The predicted molar refractivity (Wildman–Crippen MR) is 81.0 cm³/mol. The SMILES string of the molecule is CCCc1sc(C(=O)N2CCO[C@H](C(=O)O)C2)cc1CC. The summed E-state index contributed by atoms with van der Waals surface area (Å²) in [7, 11) is 0. The second kappa shape index (κ2) is 7.04. The van der Waals surface area contributed by atoms with E-state index in [1.165, 1.54) is 10.4 Å². The zero-order valence-corrected chi connectivity index (χ0v) is 13.2. The molecule has 21 heavy (non-hydrogen) atoms. The van der Waals surface area contributed by atoms with Gasteiger partial charge >= 0.3 is 5.97 Å². The van der Waals surface area contributed by atoms with Crippen molar-refractivity contribution in [2.24, 2.45) is 0 Å². The van der Waals surface area contributed by atoms with Crippen molar-refractivity contribution in [1.29, 1.82) is 0 Å². The monoisotopic (exact) mass is 311 g/mol. The Kier molecular flexibility index (Phi) is 5.36. The molecule has 1 N–H and O–H groups in total. The van der Waals surface area contributed by atoms with Crippen molar-refractivity contribution in [3.63, 3.8) is 0 Å². The third-order valence-corrected chi connectivity index (χ3v) is 4.82. The van der Waals surface area contributed by atoms with Crippen LogP contribution in [0.4, 0.5) is 0 Å². The molecule has 1 aromatic heterocycles. The minimum Gasteiger partial charge on any atom is -0.479 e. The summed E-state index contributed by atoms with van der Waals surface area (Å²) in [4.78, 5) is 27.1. The number of hydrogen-bond donors (Lipinski definition) is 1. The second-order valence-electron chi connectivity index (χ2n) is 5.11. The summed E-state index contributed by atoms with van der Waals surface area (Å²) in [5, 5.41) is 9.00. The Bertz CT molecular complexity index is 526. The summed E-state index contributed by atoms with van der Waals surface area (Å²) >= 11 is 1.54. The van der Waals surface area contributed by atoms with E-state index in [2.05, 4.69) is 13.8 Å². The molecular weight excluding hydrogens is 290 g/mol. The minimum absolute atomic E-state index is 0.0772. The number of amides is 1. The van der Waals surface area contributed by atoms with Gasteiger partial charge in [0.2, 0.25) is 0 Å². The van der Waals surface area contributed by atoms with Crippen LogP contribution in [0.3, 0.4) is 0 Å². The van der Waals surface area contributed by atoms with Gasteiger partial charge in [0.1, 0.15) is 0 Å². The van der Waals surface area contributed by atoms with Crippen LogP contribution >= 0.6 is 11.3 Å². The standard InChI is InChI=1S/C15H21NO4S/c1-3-5-12-10(4-2)8-13(21-12)14(17)16-6-7-20-11(9-16)15(18)19/h8,11H,3-7,9H2,1-2H3,(H,18,19)/t11-/m0/s1. The third kappa shape index (κ3) is 3.63. The lowest BCUT2D eigenvalue weighted by Gasteiger charge is -2.30. The molecule has 0 aliphatic carbocycles. The number of aliphatic carboxylic acids is 1. The zero-order chi connectivity index (χ0) is 15.4. The van der Waals surface area contributed by atoms with Crippen molar-refractivity contribution in [3.8, 4) is 0 Å². The maximum atomic E-state index is 12.5. The Morgan fingerprint density at radius 3 is 2.86 bits per heavy atom. The quantitative estimate of drug-likeness (QED) is 0.905. The number of aryl methyl sites for hydroxylation is 2. The molecular formula is C15H21NO4S. The number of ether oxygens (including phenoxy) is 1. The van der Waals surface area contributed by atoms with Crippen LogP contribution in [0.2, 0.25) is 0 Å². The molecule has 1 amide bonds. The van der Waals surface area contributed by atoms with Crippen LogP contribution in [-0.2, 0) is 22.4 Å². The molecule has 0 radical (unpaired) electrons. The molecule has 6 heteroatoms. The molecule has 0 bridgehead atoms. The number of carbonyl (C=O) groups excluding carboxylic acids is 1. The smallest absolute Gasteiger partial charge is 0.334 e. The van der Waals surface area contributed by atoms with Crippen molar-refractivity contribution < 1.29 is 19.4 Å². The van der Waals surface area contributed by atoms with E-state index in [-0.39, 0.29) is 19.1 Å². The summed E-state index contributed by atoms with van der Waals surface area (Å²) in [5.74, 6) is -1.09. The van der Waals surface area contributed by atoms with Crippen LogP contribution < -0.4 is 0 Å². The van der Waals surface area contributed by atoms with Crippen molar-refractivity contribution in [1.82, 2.24) is 4.90 Å². The van der Waals surface area contributed by atoms with Crippen molar-refractivity contribution in [3.05, 3.63) is 21.4 Å². The highest BCUT2D eigenvalue weighted by Crippen LogP contribution is 2.26. The van der Waals surface area contributed by atoms with E-state index in [1.807, 2.05) is 6.07 Å². The van der Waals surface area contributed by atoms with Gasteiger partial charge in [-0.3, -0.25) is 4.79 Å². The van der Waals surface area contributed by atoms with Gasteiger partial charge in [0, 0.05) is 11.4 Å². The van der Waals surface area contributed by atoms with Crippen LogP contribution in [-0.4, -0.2) is 47.7 Å². The van der Waals surface area contributed by atoms with Gasteiger partial charge in [-0.1, -0.05) is 20.3 Å². The first-order valence-corrected chi connectivity index (χ1v) is 8.13. The Morgan fingerprint density at radius 1 is 1.48 bits per heavy atom. The molecule has 2 heterocycles.